The lowest BCUT2D eigenvalue weighted by Crippen LogP contribution is -2.61. The van der Waals surface area contributed by atoms with Gasteiger partial charge in [0.25, 0.3) is 0 Å². The minimum Gasteiger partial charge on any atom is -0.352 e. The Hall–Kier alpha value is -7.42. The maximum absolute atomic E-state index is 16.1. The number of amides is 5. The van der Waals surface area contributed by atoms with Crippen molar-refractivity contribution in [2.24, 2.45) is 0 Å². The Bertz CT molecular complexity index is 3170. The van der Waals surface area contributed by atoms with Gasteiger partial charge in [0, 0.05) is 37.8 Å². The number of benzene rings is 6. The van der Waals surface area contributed by atoms with Crippen LogP contribution >= 0.6 is 0 Å². The third-order valence-electron chi connectivity index (χ3n) is 19.5. The summed E-state index contributed by atoms with van der Waals surface area (Å²) in [5.41, 5.74) is 7.30. The number of rotatable bonds is 35. The van der Waals surface area contributed by atoms with E-state index in [0.29, 0.717) is 77.0 Å². The van der Waals surface area contributed by atoms with Crippen LogP contribution in [-0.2, 0) is 72.5 Å². The number of likely N-dealkylation sites (tertiary alicyclic amines) is 2. The molecule has 3 aliphatic rings. The van der Waals surface area contributed by atoms with Crippen molar-refractivity contribution >= 4 is 39.6 Å². The molecule has 6 aromatic rings. The first-order valence-corrected chi connectivity index (χ1v) is 36.7. The topological polar surface area (TPSA) is 165 Å². The molecule has 3 aliphatic heterocycles. The lowest BCUT2D eigenvalue weighted by atomic mass is 9.96. The van der Waals surface area contributed by atoms with Crippen molar-refractivity contribution < 1.29 is 32.4 Å². The maximum Gasteiger partial charge on any atom is 0.243 e. The van der Waals surface area contributed by atoms with E-state index in [-0.39, 0.29) is 56.0 Å². The van der Waals surface area contributed by atoms with E-state index in [4.69, 9.17) is 0 Å². The summed E-state index contributed by atoms with van der Waals surface area (Å²) >= 11 is 0. The average Bonchev–Trinajstić information content (AvgIpc) is 0.825. The fourth-order valence-corrected chi connectivity index (χ4v) is 16.3. The van der Waals surface area contributed by atoms with Crippen molar-refractivity contribution in [2.45, 2.75) is 221 Å². The predicted molar refractivity (Wildman–Crippen MR) is 372 cm³/mol. The van der Waals surface area contributed by atoms with Gasteiger partial charge in [0.15, 0.2) is 5.25 Å². The summed E-state index contributed by atoms with van der Waals surface area (Å²) in [4.78, 5) is 79.3. The number of carbonyl (C=O) groups is 5. The molecule has 13 nitrogen and oxygen atoms in total. The highest BCUT2D eigenvalue weighted by Crippen LogP contribution is 2.31. The second-order valence-electron chi connectivity index (χ2n) is 26.4. The normalized spacial score (nSPS) is 17.5. The maximum atomic E-state index is 16.1. The molecule has 0 radical (unpaired) electrons. The molecule has 6 aromatic carbocycles. The molecule has 3 saturated heterocycles. The van der Waals surface area contributed by atoms with E-state index in [9.17, 15) is 4.79 Å². The molecule has 3 N–H and O–H groups in total. The molecule has 0 saturated carbocycles. The number of nitrogens with zero attached hydrogens (tertiary/aromatic N) is 3. The van der Waals surface area contributed by atoms with E-state index < -0.39 is 57.5 Å². The van der Waals surface area contributed by atoms with E-state index in [1.165, 1.54) is 47.5 Å². The highest BCUT2D eigenvalue weighted by atomic mass is 32.2. The Labute approximate surface area is 555 Å². The largest absolute Gasteiger partial charge is 0.352 e. The van der Waals surface area contributed by atoms with Gasteiger partial charge in [0.1, 0.15) is 18.1 Å². The number of carbonyl (C=O) groups excluding carboxylic acids is 5. The lowest BCUT2D eigenvalue weighted by molar-refractivity contribution is -0.146. The van der Waals surface area contributed by atoms with E-state index in [0.717, 1.165) is 89.9 Å². The molecule has 3 heterocycles. The smallest absolute Gasteiger partial charge is 0.243 e. The number of hydrogen-bond acceptors (Lipinski definition) is 7. The van der Waals surface area contributed by atoms with Gasteiger partial charge in [-0.1, -0.05) is 188 Å². The zero-order valence-electron chi connectivity index (χ0n) is 54.9. The zero-order chi connectivity index (χ0) is 64.9. The molecule has 9 rings (SSSR count). The lowest BCUT2D eigenvalue weighted by Gasteiger charge is -2.41. The first-order chi connectivity index (χ1) is 45.5. The van der Waals surface area contributed by atoms with Gasteiger partial charge in [0.2, 0.25) is 39.6 Å². The van der Waals surface area contributed by atoms with E-state index in [2.05, 4.69) is 88.7 Å². The molecule has 0 bridgehead atoms. The highest BCUT2D eigenvalue weighted by Gasteiger charge is 2.49. The number of hydrogen-bond donors (Lipinski definition) is 3. The van der Waals surface area contributed by atoms with Gasteiger partial charge >= 0.3 is 0 Å². The fourth-order valence-electron chi connectivity index (χ4n) is 14.3. The summed E-state index contributed by atoms with van der Waals surface area (Å²) < 4.78 is 33.4. The van der Waals surface area contributed by atoms with Crippen LogP contribution in [0.3, 0.4) is 0 Å². The van der Waals surface area contributed by atoms with E-state index >= 15 is 27.6 Å². The minimum atomic E-state index is -4.81. The summed E-state index contributed by atoms with van der Waals surface area (Å²) in [6.45, 7) is 0.346. The Balaban J connectivity index is 0.968. The fraction of sp³-hybridized carbons (Fsp3) is 0.481. The van der Waals surface area contributed by atoms with E-state index in [1.54, 1.807) is 0 Å². The summed E-state index contributed by atoms with van der Waals surface area (Å²) in [6, 6.07) is 58.2. The molecule has 4 atom stereocenters. The number of piperidine rings is 3. The highest BCUT2D eigenvalue weighted by molar-refractivity contribution is 7.90. The van der Waals surface area contributed by atoms with Gasteiger partial charge in [-0.3, -0.25) is 24.0 Å². The Kier molecular flexibility index (Phi) is 28.2. The standard InChI is InChI=1S/C79H102N6O7S/c86-75(83-58-22-19-55-71(83)76(87)80-68(49-25-43-62-31-7-1-8-32-62)50-26-44-63-33-9-2-10-34-63)61-74(79(90)84-59-23-20-56-72(84)77(88)81-69(51-27-45-64-35-11-3-12-36-64)52-28-46-65-37-13-4-14-38-65)93(91,92)85-60-24-21-57-73(85)78(89)82-70(53-29-47-66-39-15-5-16-40-66)54-30-48-67-41-17-6-18-42-67/h1-18,31-42,68-74H,19-30,43-61H2,(H,80,87)(H,81,88)(H,82,89). The van der Waals surface area contributed by atoms with Gasteiger partial charge < -0.3 is 25.8 Å². The van der Waals surface area contributed by atoms with E-state index in [1.807, 2.05) is 109 Å². The number of aryl methyl sites for hydroxylation is 6. The van der Waals surface area contributed by atoms with Gasteiger partial charge in [0.05, 0.1) is 6.42 Å². The quantitative estimate of drug-likeness (QED) is 0.0356. The molecule has 0 aromatic heterocycles. The summed E-state index contributed by atoms with van der Waals surface area (Å²) in [6.07, 6.45) is 18.2. The third kappa shape index (κ3) is 22.1. The van der Waals surface area contributed by atoms with Crippen molar-refractivity contribution in [3.8, 4) is 0 Å². The van der Waals surface area contributed by atoms with Crippen LogP contribution in [-0.4, -0.2) is 113 Å². The monoisotopic (exact) mass is 1280 g/mol. The van der Waals surface area contributed by atoms with Crippen molar-refractivity contribution in [2.75, 3.05) is 19.6 Å². The molecule has 4 unspecified atom stereocenters. The zero-order valence-corrected chi connectivity index (χ0v) is 55.7. The van der Waals surface area contributed by atoms with Crippen LogP contribution in [0.25, 0.3) is 0 Å². The van der Waals surface area contributed by atoms with Crippen molar-refractivity contribution in [1.82, 2.24) is 30.1 Å². The molecule has 0 spiro atoms. The average molecular weight is 1280 g/mol. The van der Waals surface area contributed by atoms with Crippen molar-refractivity contribution in [3.63, 3.8) is 0 Å². The van der Waals surface area contributed by atoms with Gasteiger partial charge in [-0.05, 0) is 200 Å². The molecule has 93 heavy (non-hydrogen) atoms. The molecule has 14 heteroatoms. The van der Waals surface area contributed by atoms with Crippen molar-refractivity contribution in [1.29, 1.82) is 0 Å². The molecule has 5 amide bonds. The Morgan fingerprint density at radius 3 is 0.946 bits per heavy atom. The van der Waals surface area contributed by atoms with Crippen molar-refractivity contribution in [3.05, 3.63) is 215 Å². The van der Waals surface area contributed by atoms with Crippen LogP contribution in [0.5, 0.6) is 0 Å². The first-order valence-electron chi connectivity index (χ1n) is 35.2. The number of nitrogens with one attached hydrogen (secondary N) is 3. The van der Waals surface area contributed by atoms with Gasteiger partial charge in [-0.15, -0.1) is 0 Å². The molecular formula is C79H102N6O7S. The summed E-state index contributed by atoms with van der Waals surface area (Å²) in [7, 11) is -4.81. The summed E-state index contributed by atoms with van der Waals surface area (Å²) in [5, 5.41) is 8.14. The SMILES string of the molecule is O=C(NC(CCCc1ccccc1)CCCc1ccccc1)C1CCCCN1C(=O)CC(C(=O)N1CCCCC1C(=O)NC(CCCc1ccccc1)CCCc1ccccc1)S(=O)(=O)N1CCCCC1C(=O)NC(CCCc1ccccc1)CCCc1ccccc1. The van der Waals surface area contributed by atoms with Gasteiger partial charge in [-0.25, -0.2) is 8.42 Å². The Morgan fingerprint density at radius 1 is 0.355 bits per heavy atom. The van der Waals surface area contributed by atoms with Crippen LogP contribution in [0.4, 0.5) is 0 Å². The van der Waals surface area contributed by atoms with Crippen LogP contribution in [0.1, 0.15) is 175 Å². The second-order valence-corrected chi connectivity index (χ2v) is 28.5. The predicted octanol–water partition coefficient (Wildman–Crippen LogP) is 13.3. The minimum absolute atomic E-state index is 0.00664. The van der Waals surface area contributed by atoms with Crippen LogP contribution in [0.15, 0.2) is 182 Å². The third-order valence-corrected chi connectivity index (χ3v) is 21.7. The molecule has 496 valence electrons. The molecule has 3 fully saturated rings. The number of sulfonamides is 1. The van der Waals surface area contributed by atoms with Gasteiger partial charge in [-0.2, -0.15) is 4.31 Å². The van der Waals surface area contributed by atoms with Crippen LogP contribution < -0.4 is 16.0 Å². The molecular weight excluding hydrogens is 1180 g/mol. The second kappa shape index (κ2) is 37.5. The van der Waals surface area contributed by atoms with Crippen LogP contribution in [0, 0.1) is 0 Å². The van der Waals surface area contributed by atoms with Crippen LogP contribution in [0.2, 0.25) is 0 Å². The summed E-state index contributed by atoms with van der Waals surface area (Å²) in [5.74, 6) is -2.43. The first kappa shape index (κ1) is 69.9. The molecule has 0 aliphatic carbocycles. The Morgan fingerprint density at radius 2 is 0.624 bits per heavy atom.